The number of carbonyl (C=O) groups is 2. The first-order chi connectivity index (χ1) is 10.6. The fourth-order valence-corrected chi connectivity index (χ4v) is 3.62. The predicted molar refractivity (Wildman–Crippen MR) is 80.6 cm³/mol. The first kappa shape index (κ1) is 13.5. The number of rotatable bonds is 3. The lowest BCUT2D eigenvalue weighted by Gasteiger charge is -2.23. The number of hydrogen-bond donors (Lipinski definition) is 1. The highest BCUT2D eigenvalue weighted by molar-refractivity contribution is 6.09. The van der Waals surface area contributed by atoms with Gasteiger partial charge in [-0.05, 0) is 54.9 Å². The van der Waals surface area contributed by atoms with Crippen molar-refractivity contribution in [1.29, 1.82) is 0 Å². The molecule has 0 saturated heterocycles. The zero-order chi connectivity index (χ0) is 15.3. The Labute approximate surface area is 128 Å². The third-order valence-corrected chi connectivity index (χ3v) is 4.87. The van der Waals surface area contributed by atoms with Crippen LogP contribution in [0.5, 0.6) is 0 Å². The normalized spacial score (nSPS) is 26.1. The summed E-state index contributed by atoms with van der Waals surface area (Å²) in [5.41, 5.74) is 4.73. The van der Waals surface area contributed by atoms with Gasteiger partial charge in [-0.15, -0.1) is 0 Å². The molecule has 4 rings (SSSR count). The van der Waals surface area contributed by atoms with Gasteiger partial charge in [0, 0.05) is 11.8 Å². The minimum Gasteiger partial charge on any atom is -0.480 e. The topological polar surface area (TPSA) is 70.0 Å². The Morgan fingerprint density at radius 2 is 2.00 bits per heavy atom. The second kappa shape index (κ2) is 4.93. The van der Waals surface area contributed by atoms with Crippen molar-refractivity contribution in [2.75, 3.05) is 6.54 Å². The van der Waals surface area contributed by atoms with Gasteiger partial charge in [-0.1, -0.05) is 12.1 Å². The predicted octanol–water partition coefficient (Wildman–Crippen LogP) is 1.83. The number of aryl methyl sites for hydroxylation is 2. The SMILES string of the molecule is O=C(O)CN1N=C(c2ccc3c(c2)CCCC3)[C@@H]2C[C@@H]2C1=O. The Bertz CT molecular complexity index is 695. The lowest BCUT2D eigenvalue weighted by Crippen LogP contribution is -2.37. The van der Waals surface area contributed by atoms with Crippen molar-refractivity contribution in [3.8, 4) is 0 Å². The Hall–Kier alpha value is -2.17. The fraction of sp³-hybridized carbons (Fsp3) is 0.471. The monoisotopic (exact) mass is 298 g/mol. The Morgan fingerprint density at radius 3 is 2.77 bits per heavy atom. The molecular weight excluding hydrogens is 280 g/mol. The summed E-state index contributed by atoms with van der Waals surface area (Å²) in [7, 11) is 0. The van der Waals surface area contributed by atoms with Gasteiger partial charge >= 0.3 is 5.97 Å². The van der Waals surface area contributed by atoms with E-state index in [2.05, 4.69) is 23.3 Å². The zero-order valence-corrected chi connectivity index (χ0v) is 12.3. The number of benzene rings is 1. The van der Waals surface area contributed by atoms with Crippen molar-refractivity contribution < 1.29 is 14.7 Å². The van der Waals surface area contributed by atoms with E-state index < -0.39 is 5.97 Å². The van der Waals surface area contributed by atoms with Gasteiger partial charge < -0.3 is 5.11 Å². The maximum atomic E-state index is 12.1. The van der Waals surface area contributed by atoms with Gasteiger partial charge in [0.15, 0.2) is 0 Å². The highest BCUT2D eigenvalue weighted by Crippen LogP contribution is 2.45. The summed E-state index contributed by atoms with van der Waals surface area (Å²) in [4.78, 5) is 23.0. The molecule has 1 heterocycles. The summed E-state index contributed by atoms with van der Waals surface area (Å²) in [5, 5.41) is 14.4. The molecule has 5 nitrogen and oxygen atoms in total. The van der Waals surface area contributed by atoms with Crippen LogP contribution in [0.1, 0.15) is 36.0 Å². The van der Waals surface area contributed by atoms with E-state index in [4.69, 9.17) is 5.11 Å². The van der Waals surface area contributed by atoms with Gasteiger partial charge in [0.05, 0.1) is 5.71 Å². The van der Waals surface area contributed by atoms with Gasteiger partial charge in [-0.25, -0.2) is 5.01 Å². The van der Waals surface area contributed by atoms with Crippen molar-refractivity contribution in [3.63, 3.8) is 0 Å². The average molecular weight is 298 g/mol. The number of carboxylic acid groups (broad SMARTS) is 1. The van der Waals surface area contributed by atoms with E-state index in [1.807, 2.05) is 0 Å². The number of amides is 1. The Kier molecular flexibility index (Phi) is 3.03. The molecule has 0 spiro atoms. The van der Waals surface area contributed by atoms with Crippen LogP contribution in [0.4, 0.5) is 0 Å². The number of fused-ring (bicyclic) bond motifs is 2. The van der Waals surface area contributed by atoms with E-state index in [9.17, 15) is 9.59 Å². The largest absolute Gasteiger partial charge is 0.480 e. The quantitative estimate of drug-likeness (QED) is 0.925. The average Bonchev–Trinajstić information content (AvgIpc) is 3.30. The van der Waals surface area contributed by atoms with Gasteiger partial charge in [0.2, 0.25) is 5.91 Å². The first-order valence-electron chi connectivity index (χ1n) is 7.87. The molecule has 5 heteroatoms. The molecule has 0 unspecified atom stereocenters. The number of nitrogens with zero attached hydrogens (tertiary/aromatic N) is 2. The third kappa shape index (κ3) is 2.21. The molecular formula is C17H18N2O3. The van der Waals surface area contributed by atoms with Crippen LogP contribution < -0.4 is 0 Å². The molecule has 0 radical (unpaired) electrons. The van der Waals surface area contributed by atoms with Crippen LogP contribution in [0.3, 0.4) is 0 Å². The molecule has 1 aromatic carbocycles. The standard InChI is InChI=1S/C17H18N2O3/c20-15(21)9-19-17(22)14-8-13(14)16(18-19)12-6-5-10-3-1-2-4-11(10)7-12/h5-7,13-14H,1-4,8-9H2,(H,20,21)/t13-,14+/m1/s1. The molecule has 22 heavy (non-hydrogen) atoms. The molecule has 1 saturated carbocycles. The molecule has 1 aromatic rings. The first-order valence-corrected chi connectivity index (χ1v) is 7.87. The van der Waals surface area contributed by atoms with Gasteiger partial charge in [-0.3, -0.25) is 9.59 Å². The smallest absolute Gasteiger partial charge is 0.325 e. The van der Waals surface area contributed by atoms with Crippen LogP contribution in [0, 0.1) is 11.8 Å². The number of carbonyl (C=O) groups excluding carboxylic acids is 1. The molecule has 1 N–H and O–H groups in total. The van der Waals surface area contributed by atoms with Crippen LogP contribution in [-0.4, -0.2) is 34.2 Å². The van der Waals surface area contributed by atoms with Crippen LogP contribution in [0.15, 0.2) is 23.3 Å². The van der Waals surface area contributed by atoms with Crippen molar-refractivity contribution in [3.05, 3.63) is 34.9 Å². The van der Waals surface area contributed by atoms with E-state index in [0.717, 1.165) is 35.5 Å². The van der Waals surface area contributed by atoms with Crippen molar-refractivity contribution in [2.24, 2.45) is 16.9 Å². The molecule has 0 aromatic heterocycles. The van der Waals surface area contributed by atoms with Crippen molar-refractivity contribution in [1.82, 2.24) is 5.01 Å². The van der Waals surface area contributed by atoms with Crippen LogP contribution >= 0.6 is 0 Å². The number of aliphatic carboxylic acids is 1. The highest BCUT2D eigenvalue weighted by Gasteiger charge is 2.52. The summed E-state index contributed by atoms with van der Waals surface area (Å²) in [6, 6.07) is 6.44. The summed E-state index contributed by atoms with van der Waals surface area (Å²) in [6.45, 7) is -0.351. The van der Waals surface area contributed by atoms with Crippen LogP contribution in [0.25, 0.3) is 0 Å². The summed E-state index contributed by atoms with van der Waals surface area (Å²) < 4.78 is 0. The van der Waals surface area contributed by atoms with E-state index in [0.29, 0.717) is 0 Å². The molecule has 2 aliphatic carbocycles. The summed E-state index contributed by atoms with van der Waals surface area (Å²) in [5.74, 6) is -1.06. The van der Waals surface area contributed by atoms with Gasteiger partial charge in [0.1, 0.15) is 6.54 Å². The van der Waals surface area contributed by atoms with Gasteiger partial charge in [-0.2, -0.15) is 5.10 Å². The minimum absolute atomic E-state index is 0.0668. The minimum atomic E-state index is -1.03. The third-order valence-electron chi connectivity index (χ3n) is 4.87. The van der Waals surface area contributed by atoms with Crippen molar-refractivity contribution in [2.45, 2.75) is 32.1 Å². The van der Waals surface area contributed by atoms with Crippen LogP contribution in [-0.2, 0) is 22.4 Å². The Balaban J connectivity index is 1.69. The molecule has 1 amide bonds. The van der Waals surface area contributed by atoms with E-state index >= 15 is 0 Å². The van der Waals surface area contributed by atoms with Crippen LogP contribution in [0.2, 0.25) is 0 Å². The molecule has 2 atom stereocenters. The van der Waals surface area contributed by atoms with E-state index in [1.165, 1.54) is 24.0 Å². The highest BCUT2D eigenvalue weighted by atomic mass is 16.4. The number of carboxylic acids is 1. The zero-order valence-electron chi connectivity index (χ0n) is 12.3. The van der Waals surface area contributed by atoms with E-state index in [-0.39, 0.29) is 24.3 Å². The maximum Gasteiger partial charge on any atom is 0.325 e. The van der Waals surface area contributed by atoms with Crippen molar-refractivity contribution >= 4 is 17.6 Å². The van der Waals surface area contributed by atoms with E-state index in [1.54, 1.807) is 0 Å². The number of hydrazone groups is 1. The lowest BCUT2D eigenvalue weighted by atomic mass is 9.89. The lowest BCUT2D eigenvalue weighted by molar-refractivity contribution is -0.145. The molecule has 3 aliphatic rings. The fourth-order valence-electron chi connectivity index (χ4n) is 3.62. The molecule has 0 bridgehead atoms. The van der Waals surface area contributed by atoms with Gasteiger partial charge in [0.25, 0.3) is 0 Å². The second-order valence-electron chi connectivity index (χ2n) is 6.41. The summed E-state index contributed by atoms with van der Waals surface area (Å²) >= 11 is 0. The number of hydrogen-bond acceptors (Lipinski definition) is 3. The molecule has 1 fully saturated rings. The maximum absolute atomic E-state index is 12.1. The Morgan fingerprint density at radius 1 is 1.23 bits per heavy atom. The molecule has 114 valence electrons. The molecule has 1 aliphatic heterocycles. The second-order valence-corrected chi connectivity index (χ2v) is 6.41. The summed E-state index contributed by atoms with van der Waals surface area (Å²) in [6.07, 6.45) is 5.50.